The van der Waals surface area contributed by atoms with Gasteiger partial charge in [0.25, 0.3) is 0 Å². The molecule has 3 rings (SSSR count). The van der Waals surface area contributed by atoms with E-state index in [0.29, 0.717) is 30.7 Å². The molecule has 1 atom stereocenters. The first-order valence-corrected chi connectivity index (χ1v) is 9.97. The number of hydrogen-bond acceptors (Lipinski definition) is 5. The second kappa shape index (κ2) is 8.79. The minimum Gasteiger partial charge on any atom is -0.354 e. The van der Waals surface area contributed by atoms with Gasteiger partial charge in [-0.2, -0.15) is 4.98 Å². The fourth-order valence-electron chi connectivity index (χ4n) is 4.14. The Labute approximate surface area is 150 Å². The summed E-state index contributed by atoms with van der Waals surface area (Å²) >= 11 is 0. The van der Waals surface area contributed by atoms with Crippen molar-refractivity contribution in [3.63, 3.8) is 0 Å². The zero-order valence-electron chi connectivity index (χ0n) is 15.7. The molecule has 2 fully saturated rings. The molecule has 0 bridgehead atoms. The third kappa shape index (κ3) is 4.81. The largest absolute Gasteiger partial charge is 0.354 e. The molecular weight excluding hydrogens is 316 g/mol. The van der Waals surface area contributed by atoms with Crippen LogP contribution >= 0.6 is 0 Å². The van der Waals surface area contributed by atoms with E-state index >= 15 is 0 Å². The summed E-state index contributed by atoms with van der Waals surface area (Å²) in [4.78, 5) is 19.2. The number of likely N-dealkylation sites (N-methyl/N-ethyl adjacent to an activating group) is 1. The third-order valence-corrected chi connectivity index (χ3v) is 5.98. The molecule has 0 spiro atoms. The van der Waals surface area contributed by atoms with Gasteiger partial charge in [-0.1, -0.05) is 37.3 Å². The summed E-state index contributed by atoms with van der Waals surface area (Å²) in [6, 6.07) is 0.447. The Hall–Kier alpha value is -1.43. The molecular formula is C19H32N4O2. The second-order valence-electron chi connectivity index (χ2n) is 7.70. The van der Waals surface area contributed by atoms with E-state index in [1.165, 1.54) is 44.9 Å². The van der Waals surface area contributed by atoms with Gasteiger partial charge in [0.15, 0.2) is 5.82 Å². The lowest BCUT2D eigenvalue weighted by molar-refractivity contribution is -0.126. The highest BCUT2D eigenvalue weighted by Gasteiger charge is 2.26. The molecule has 2 aliphatic rings. The minimum atomic E-state index is -0.0950. The highest BCUT2D eigenvalue weighted by atomic mass is 16.5. The molecule has 1 heterocycles. The van der Waals surface area contributed by atoms with Crippen LogP contribution in [-0.2, 0) is 11.2 Å². The van der Waals surface area contributed by atoms with Gasteiger partial charge in [-0.3, -0.25) is 9.69 Å². The number of hydrogen-bond donors (Lipinski definition) is 1. The zero-order chi connectivity index (χ0) is 17.6. The molecule has 1 amide bonds. The lowest BCUT2D eigenvalue weighted by atomic mass is 9.93. The Kier molecular flexibility index (Phi) is 6.45. The van der Waals surface area contributed by atoms with E-state index in [2.05, 4.69) is 27.4 Å². The fraction of sp³-hybridized carbons (Fsp3) is 0.842. The molecule has 6 nitrogen and oxygen atoms in total. The molecule has 0 aromatic carbocycles. The Morgan fingerprint density at radius 2 is 1.88 bits per heavy atom. The molecule has 140 valence electrons. The van der Waals surface area contributed by atoms with E-state index in [0.717, 1.165) is 18.7 Å². The average molecular weight is 348 g/mol. The van der Waals surface area contributed by atoms with Gasteiger partial charge < -0.3 is 9.84 Å². The summed E-state index contributed by atoms with van der Waals surface area (Å²) in [5.74, 6) is 2.02. The first-order chi connectivity index (χ1) is 12.1. The van der Waals surface area contributed by atoms with Crippen LogP contribution in [0.25, 0.3) is 0 Å². The van der Waals surface area contributed by atoms with Crippen LogP contribution in [0.2, 0.25) is 0 Å². The molecule has 0 radical (unpaired) electrons. The molecule has 25 heavy (non-hydrogen) atoms. The molecule has 1 aromatic heterocycles. The van der Waals surface area contributed by atoms with E-state index in [1.807, 2.05) is 6.92 Å². The van der Waals surface area contributed by atoms with Gasteiger partial charge in [0.2, 0.25) is 11.8 Å². The highest BCUT2D eigenvalue weighted by Crippen LogP contribution is 2.32. The Morgan fingerprint density at radius 3 is 2.60 bits per heavy atom. The topological polar surface area (TPSA) is 71.3 Å². The number of rotatable bonds is 7. The molecule has 0 saturated heterocycles. The number of nitrogens with one attached hydrogen (secondary N) is 1. The Morgan fingerprint density at radius 1 is 1.20 bits per heavy atom. The summed E-state index contributed by atoms with van der Waals surface area (Å²) in [5, 5.41) is 7.09. The average Bonchev–Trinajstić information content (AvgIpc) is 3.32. The van der Waals surface area contributed by atoms with Crippen LogP contribution in [0.5, 0.6) is 0 Å². The molecule has 2 aliphatic carbocycles. The Bertz CT molecular complexity index is 547. The number of amides is 1. The summed E-state index contributed by atoms with van der Waals surface area (Å²) < 4.78 is 5.39. The summed E-state index contributed by atoms with van der Waals surface area (Å²) in [6.45, 7) is 2.56. The van der Waals surface area contributed by atoms with Gasteiger partial charge in [0.1, 0.15) is 0 Å². The monoisotopic (exact) mass is 348 g/mol. The van der Waals surface area contributed by atoms with Crippen LogP contribution in [0.4, 0.5) is 0 Å². The number of aromatic nitrogens is 2. The van der Waals surface area contributed by atoms with Crippen LogP contribution in [-0.4, -0.2) is 46.6 Å². The maximum Gasteiger partial charge on any atom is 0.237 e. The maximum absolute atomic E-state index is 12.4. The number of carbonyl (C=O) groups excluding carboxylic acids is 1. The fourth-order valence-corrected chi connectivity index (χ4v) is 4.14. The van der Waals surface area contributed by atoms with Crippen molar-refractivity contribution >= 4 is 5.91 Å². The molecule has 1 unspecified atom stereocenters. The number of nitrogens with zero attached hydrogens (tertiary/aromatic N) is 3. The van der Waals surface area contributed by atoms with Crippen molar-refractivity contribution in [1.82, 2.24) is 20.4 Å². The van der Waals surface area contributed by atoms with Crippen LogP contribution < -0.4 is 5.32 Å². The van der Waals surface area contributed by atoms with E-state index < -0.39 is 0 Å². The smallest absolute Gasteiger partial charge is 0.237 e. The van der Waals surface area contributed by atoms with E-state index in [9.17, 15) is 4.79 Å². The molecule has 1 aromatic rings. The maximum atomic E-state index is 12.4. The first kappa shape index (κ1) is 18.4. The lowest BCUT2D eigenvalue weighted by Crippen LogP contribution is -2.48. The Balaban J connectivity index is 1.41. The van der Waals surface area contributed by atoms with E-state index in [-0.39, 0.29) is 11.9 Å². The summed E-state index contributed by atoms with van der Waals surface area (Å²) in [7, 11) is 2.08. The van der Waals surface area contributed by atoms with Crippen LogP contribution in [0.1, 0.15) is 82.3 Å². The van der Waals surface area contributed by atoms with Crippen LogP contribution in [0.15, 0.2) is 4.52 Å². The molecule has 0 aliphatic heterocycles. The quantitative estimate of drug-likeness (QED) is 0.820. The van der Waals surface area contributed by atoms with Crippen molar-refractivity contribution in [2.24, 2.45) is 0 Å². The van der Waals surface area contributed by atoms with Gasteiger partial charge >= 0.3 is 0 Å². The number of carbonyl (C=O) groups is 1. The van der Waals surface area contributed by atoms with Crippen molar-refractivity contribution in [2.45, 2.75) is 89.1 Å². The van der Waals surface area contributed by atoms with Crippen molar-refractivity contribution in [1.29, 1.82) is 0 Å². The van der Waals surface area contributed by atoms with Gasteiger partial charge in [0.05, 0.1) is 6.04 Å². The zero-order valence-corrected chi connectivity index (χ0v) is 15.7. The summed E-state index contributed by atoms with van der Waals surface area (Å²) in [5.41, 5.74) is 0. The van der Waals surface area contributed by atoms with Gasteiger partial charge in [-0.05, 0) is 39.7 Å². The molecule has 1 N–H and O–H groups in total. The van der Waals surface area contributed by atoms with Crippen LogP contribution in [0.3, 0.4) is 0 Å². The summed E-state index contributed by atoms with van der Waals surface area (Å²) in [6.07, 6.45) is 11.8. The third-order valence-electron chi connectivity index (χ3n) is 5.98. The SMILES string of the molecule is CC(C(=O)NCCc1noc(C2CCCC2)n1)N(C)C1CCCCC1. The molecule has 2 saturated carbocycles. The van der Waals surface area contributed by atoms with Crippen molar-refractivity contribution in [3.8, 4) is 0 Å². The van der Waals surface area contributed by atoms with Crippen molar-refractivity contribution in [3.05, 3.63) is 11.7 Å². The molecule has 6 heteroatoms. The van der Waals surface area contributed by atoms with Gasteiger partial charge in [-0.25, -0.2) is 0 Å². The van der Waals surface area contributed by atoms with Crippen molar-refractivity contribution in [2.75, 3.05) is 13.6 Å². The van der Waals surface area contributed by atoms with E-state index in [4.69, 9.17) is 4.52 Å². The van der Waals surface area contributed by atoms with Crippen LogP contribution in [0, 0.1) is 0 Å². The standard InChI is InChI=1S/C19H32N4O2/c1-14(23(2)16-10-4-3-5-11-16)18(24)20-13-12-17-21-19(25-22-17)15-8-6-7-9-15/h14-16H,3-13H2,1-2H3,(H,20,24). The highest BCUT2D eigenvalue weighted by molar-refractivity contribution is 5.81. The van der Waals surface area contributed by atoms with Gasteiger partial charge in [-0.15, -0.1) is 0 Å². The first-order valence-electron chi connectivity index (χ1n) is 9.97. The predicted molar refractivity (Wildman–Crippen MR) is 96.3 cm³/mol. The predicted octanol–water partition coefficient (Wildman–Crippen LogP) is 3.04. The van der Waals surface area contributed by atoms with E-state index in [1.54, 1.807) is 0 Å². The normalized spacial score (nSPS) is 20.9. The van der Waals surface area contributed by atoms with Gasteiger partial charge in [0, 0.05) is 24.9 Å². The lowest BCUT2D eigenvalue weighted by Gasteiger charge is -2.34. The van der Waals surface area contributed by atoms with Crippen molar-refractivity contribution < 1.29 is 9.32 Å². The minimum absolute atomic E-state index is 0.0904. The second-order valence-corrected chi connectivity index (χ2v) is 7.70.